The number of ether oxygens (including phenoxy) is 1. The Labute approximate surface area is 141 Å². The minimum absolute atomic E-state index is 0.0190. The fraction of sp³-hybridized carbons (Fsp3) is 0.400. The van der Waals surface area contributed by atoms with Gasteiger partial charge in [0.15, 0.2) is 5.78 Å². The summed E-state index contributed by atoms with van der Waals surface area (Å²) in [6.45, 7) is 5.82. The summed E-state index contributed by atoms with van der Waals surface area (Å²) in [7, 11) is 0. The summed E-state index contributed by atoms with van der Waals surface area (Å²) in [6, 6.07) is 9.00. The molecule has 4 heteroatoms. The van der Waals surface area contributed by atoms with Crippen molar-refractivity contribution in [1.29, 1.82) is 0 Å². The lowest BCUT2D eigenvalue weighted by atomic mass is 9.88. The van der Waals surface area contributed by atoms with Crippen LogP contribution < -0.4 is 0 Å². The highest BCUT2D eigenvalue weighted by Gasteiger charge is 2.41. The quantitative estimate of drug-likeness (QED) is 0.400. The van der Waals surface area contributed by atoms with Crippen LogP contribution in [0.5, 0.6) is 0 Å². The molecule has 1 aliphatic carbocycles. The summed E-state index contributed by atoms with van der Waals surface area (Å²) in [6.07, 6.45) is 2.31. The fourth-order valence-corrected chi connectivity index (χ4v) is 3.63. The lowest BCUT2D eigenvalue weighted by Crippen LogP contribution is -2.23. The number of carbonyl (C=O) groups excluding carboxylic acids is 2. The molecule has 0 aromatic heterocycles. The molecular weight excluding hydrogens is 304 g/mol. The predicted molar refractivity (Wildman–Crippen MR) is 90.4 cm³/mol. The number of rotatable bonds is 4. The topological polar surface area (TPSA) is 63.6 Å². The number of allylic oxidation sites excluding steroid dienone is 1. The lowest BCUT2D eigenvalue weighted by molar-refractivity contribution is -0.139. The van der Waals surface area contributed by atoms with Gasteiger partial charge in [-0.3, -0.25) is 4.79 Å². The molecule has 0 saturated carbocycles. The Kier molecular flexibility index (Phi) is 4.67. The average molecular weight is 326 g/mol. The number of aliphatic hydroxyl groups excluding tert-OH is 1. The SMILES string of the molecule is C=C1C(=O)OC2CC(C)C(C(O)CC(=O)c3ccccc3)=CCC12. The summed E-state index contributed by atoms with van der Waals surface area (Å²) in [5, 5.41) is 10.6. The van der Waals surface area contributed by atoms with Crippen molar-refractivity contribution < 1.29 is 19.4 Å². The zero-order chi connectivity index (χ0) is 17.3. The Bertz CT molecular complexity index is 689. The van der Waals surface area contributed by atoms with E-state index in [0.717, 1.165) is 5.57 Å². The van der Waals surface area contributed by atoms with E-state index < -0.39 is 6.10 Å². The smallest absolute Gasteiger partial charge is 0.334 e. The van der Waals surface area contributed by atoms with E-state index in [2.05, 4.69) is 6.58 Å². The Morgan fingerprint density at radius 3 is 2.79 bits per heavy atom. The highest BCUT2D eigenvalue weighted by Crippen LogP contribution is 2.39. The number of hydrogen-bond donors (Lipinski definition) is 1. The van der Waals surface area contributed by atoms with Crippen LogP contribution in [0.25, 0.3) is 0 Å². The van der Waals surface area contributed by atoms with Gasteiger partial charge < -0.3 is 9.84 Å². The largest absolute Gasteiger partial charge is 0.458 e. The van der Waals surface area contributed by atoms with Crippen molar-refractivity contribution in [3.63, 3.8) is 0 Å². The maximum atomic E-state index is 12.3. The third kappa shape index (κ3) is 3.20. The second kappa shape index (κ2) is 6.73. The molecule has 0 amide bonds. The summed E-state index contributed by atoms with van der Waals surface area (Å²) < 4.78 is 5.39. The molecule has 1 aromatic carbocycles. The fourth-order valence-electron chi connectivity index (χ4n) is 3.63. The molecule has 0 spiro atoms. The standard InChI is InChI=1S/C20H22O4/c1-12-10-19-16(13(2)20(23)24-19)9-8-15(12)18(22)11-17(21)14-6-4-3-5-7-14/h3-8,12,16,18-19,22H,2,9-11H2,1H3. The van der Waals surface area contributed by atoms with E-state index in [-0.39, 0.29) is 36.1 Å². The molecule has 1 saturated heterocycles. The number of aliphatic hydroxyl groups is 1. The molecule has 1 N–H and O–H groups in total. The predicted octanol–water partition coefficient (Wildman–Crippen LogP) is 3.07. The lowest BCUT2D eigenvalue weighted by Gasteiger charge is -2.21. The van der Waals surface area contributed by atoms with Crippen LogP contribution in [-0.2, 0) is 9.53 Å². The number of carbonyl (C=O) groups is 2. The highest BCUT2D eigenvalue weighted by atomic mass is 16.6. The number of fused-ring (bicyclic) bond motifs is 1. The zero-order valence-corrected chi connectivity index (χ0v) is 13.8. The van der Waals surface area contributed by atoms with Crippen molar-refractivity contribution >= 4 is 11.8 Å². The van der Waals surface area contributed by atoms with Crippen LogP contribution in [0.1, 0.15) is 36.5 Å². The van der Waals surface area contributed by atoms with E-state index in [1.807, 2.05) is 31.2 Å². The Morgan fingerprint density at radius 2 is 2.08 bits per heavy atom. The van der Waals surface area contributed by atoms with Gasteiger partial charge in [-0.15, -0.1) is 0 Å². The molecule has 0 radical (unpaired) electrons. The van der Waals surface area contributed by atoms with Gasteiger partial charge in [0.2, 0.25) is 0 Å². The number of ketones is 1. The Balaban J connectivity index is 1.71. The first-order valence-electron chi connectivity index (χ1n) is 8.33. The molecule has 1 heterocycles. The van der Waals surface area contributed by atoms with Gasteiger partial charge in [0.25, 0.3) is 0 Å². The third-order valence-electron chi connectivity index (χ3n) is 5.04. The maximum absolute atomic E-state index is 12.3. The van der Waals surface area contributed by atoms with Gasteiger partial charge in [-0.05, 0) is 24.3 Å². The maximum Gasteiger partial charge on any atom is 0.334 e. The van der Waals surface area contributed by atoms with Gasteiger partial charge >= 0.3 is 5.97 Å². The van der Waals surface area contributed by atoms with Gasteiger partial charge in [-0.1, -0.05) is 49.9 Å². The zero-order valence-electron chi connectivity index (χ0n) is 13.8. The van der Waals surface area contributed by atoms with Gasteiger partial charge in [-0.25, -0.2) is 4.79 Å². The highest BCUT2D eigenvalue weighted by molar-refractivity contribution is 5.96. The summed E-state index contributed by atoms with van der Waals surface area (Å²) in [4.78, 5) is 24.0. The van der Waals surface area contributed by atoms with Crippen LogP contribution >= 0.6 is 0 Å². The van der Waals surface area contributed by atoms with Crippen LogP contribution in [0.3, 0.4) is 0 Å². The molecule has 1 aliphatic heterocycles. The third-order valence-corrected chi connectivity index (χ3v) is 5.04. The molecule has 3 rings (SSSR count). The number of hydrogen-bond acceptors (Lipinski definition) is 4. The summed E-state index contributed by atoms with van der Waals surface area (Å²) in [5.41, 5.74) is 1.98. The van der Waals surface area contributed by atoms with E-state index in [0.29, 0.717) is 24.0 Å². The molecule has 1 aromatic rings. The van der Waals surface area contributed by atoms with Gasteiger partial charge in [0.05, 0.1) is 6.10 Å². The number of Topliss-reactive ketones (excluding diaryl/α,β-unsaturated/α-hetero) is 1. The van der Waals surface area contributed by atoms with Crippen LogP contribution in [0, 0.1) is 11.8 Å². The van der Waals surface area contributed by atoms with E-state index in [1.54, 1.807) is 12.1 Å². The monoisotopic (exact) mass is 326 g/mol. The van der Waals surface area contributed by atoms with Crippen molar-refractivity contribution in [2.45, 2.75) is 38.4 Å². The molecule has 4 unspecified atom stereocenters. The molecular formula is C20H22O4. The molecule has 0 bridgehead atoms. The number of esters is 1. The second-order valence-electron chi connectivity index (χ2n) is 6.66. The minimum atomic E-state index is -0.810. The van der Waals surface area contributed by atoms with Crippen LogP contribution in [0.2, 0.25) is 0 Å². The number of benzene rings is 1. The normalized spacial score (nSPS) is 27.8. The second-order valence-corrected chi connectivity index (χ2v) is 6.66. The molecule has 4 nitrogen and oxygen atoms in total. The van der Waals surface area contributed by atoms with Crippen LogP contribution in [0.4, 0.5) is 0 Å². The van der Waals surface area contributed by atoms with Crippen molar-refractivity contribution in [1.82, 2.24) is 0 Å². The molecule has 126 valence electrons. The molecule has 2 aliphatic rings. The van der Waals surface area contributed by atoms with E-state index >= 15 is 0 Å². The van der Waals surface area contributed by atoms with Crippen molar-refractivity contribution in [3.05, 3.63) is 59.7 Å². The van der Waals surface area contributed by atoms with Crippen LogP contribution in [-0.4, -0.2) is 29.1 Å². The van der Waals surface area contributed by atoms with Gasteiger partial charge in [0, 0.05) is 23.5 Å². The molecule has 1 fully saturated rings. The first-order valence-corrected chi connectivity index (χ1v) is 8.33. The molecule has 4 atom stereocenters. The van der Waals surface area contributed by atoms with Gasteiger partial charge in [0.1, 0.15) is 6.10 Å². The minimum Gasteiger partial charge on any atom is -0.458 e. The van der Waals surface area contributed by atoms with E-state index in [4.69, 9.17) is 4.74 Å². The average Bonchev–Trinajstić information content (AvgIpc) is 2.73. The van der Waals surface area contributed by atoms with Gasteiger partial charge in [-0.2, -0.15) is 0 Å². The Morgan fingerprint density at radius 1 is 1.38 bits per heavy atom. The van der Waals surface area contributed by atoms with Crippen molar-refractivity contribution in [2.75, 3.05) is 0 Å². The van der Waals surface area contributed by atoms with Crippen molar-refractivity contribution in [3.8, 4) is 0 Å². The van der Waals surface area contributed by atoms with Crippen LogP contribution in [0.15, 0.2) is 54.1 Å². The van der Waals surface area contributed by atoms with E-state index in [1.165, 1.54) is 0 Å². The van der Waals surface area contributed by atoms with Crippen molar-refractivity contribution in [2.24, 2.45) is 11.8 Å². The summed E-state index contributed by atoms with van der Waals surface area (Å²) in [5.74, 6) is -0.350. The first kappa shape index (κ1) is 16.7. The van der Waals surface area contributed by atoms with E-state index in [9.17, 15) is 14.7 Å². The molecule has 24 heavy (non-hydrogen) atoms. The summed E-state index contributed by atoms with van der Waals surface area (Å²) >= 11 is 0. The first-order chi connectivity index (χ1) is 11.5. The Hall–Kier alpha value is -2.20.